The van der Waals surface area contributed by atoms with E-state index in [1.54, 1.807) is 28.0 Å². The molecule has 0 unspecified atom stereocenters. The van der Waals surface area contributed by atoms with E-state index in [-0.39, 0.29) is 23.9 Å². The molecule has 3 aromatic rings. The first kappa shape index (κ1) is 22.0. The van der Waals surface area contributed by atoms with E-state index >= 15 is 0 Å². The Bertz CT molecular complexity index is 1210. The topological polar surface area (TPSA) is 75.5 Å². The maximum atomic E-state index is 12.8. The highest BCUT2D eigenvalue weighted by molar-refractivity contribution is 6.36. The summed E-state index contributed by atoms with van der Waals surface area (Å²) in [5, 5.41) is 5.10. The Labute approximate surface area is 194 Å². The third-order valence-corrected chi connectivity index (χ3v) is 5.85. The molecule has 0 radical (unpaired) electrons. The van der Waals surface area contributed by atoms with Gasteiger partial charge in [-0.3, -0.25) is 14.4 Å². The van der Waals surface area contributed by atoms with Crippen LogP contribution < -0.4 is 5.56 Å². The third kappa shape index (κ3) is 4.84. The van der Waals surface area contributed by atoms with Crippen LogP contribution in [-0.2, 0) is 11.3 Å². The van der Waals surface area contributed by atoms with E-state index < -0.39 is 0 Å². The molecule has 2 aromatic carbocycles. The normalized spacial score (nSPS) is 13.8. The van der Waals surface area contributed by atoms with Gasteiger partial charge < -0.3 is 9.80 Å². The zero-order valence-electron chi connectivity index (χ0n) is 17.1. The molecule has 1 aliphatic heterocycles. The van der Waals surface area contributed by atoms with E-state index in [0.717, 1.165) is 5.56 Å². The Balaban J connectivity index is 1.40. The molecule has 0 saturated carbocycles. The highest BCUT2D eigenvalue weighted by Gasteiger charge is 2.26. The van der Waals surface area contributed by atoms with Gasteiger partial charge in [-0.05, 0) is 24.3 Å². The molecule has 7 nitrogen and oxygen atoms in total. The van der Waals surface area contributed by atoms with E-state index in [1.807, 2.05) is 30.3 Å². The summed E-state index contributed by atoms with van der Waals surface area (Å²) >= 11 is 12.0. The number of carbonyl (C=O) groups excluding carboxylic acids is 2. The van der Waals surface area contributed by atoms with Crippen molar-refractivity contribution in [2.75, 3.05) is 26.2 Å². The van der Waals surface area contributed by atoms with Crippen molar-refractivity contribution in [2.45, 2.75) is 6.54 Å². The maximum Gasteiger partial charge on any atom is 0.267 e. The Hall–Kier alpha value is -3.16. The predicted molar refractivity (Wildman–Crippen MR) is 123 cm³/mol. The summed E-state index contributed by atoms with van der Waals surface area (Å²) in [5.41, 5.74) is 1.52. The SMILES string of the molecule is O=C(Cn1nc(-c2ccccc2)ccc1=O)N1CCN(C(=O)c2ccc(Cl)cc2Cl)CC1. The van der Waals surface area contributed by atoms with Crippen molar-refractivity contribution in [3.8, 4) is 11.3 Å². The Morgan fingerprint density at radius 2 is 1.56 bits per heavy atom. The first-order valence-electron chi connectivity index (χ1n) is 10.1. The zero-order valence-corrected chi connectivity index (χ0v) is 18.6. The van der Waals surface area contributed by atoms with Crippen molar-refractivity contribution >= 4 is 35.0 Å². The van der Waals surface area contributed by atoms with E-state index in [9.17, 15) is 14.4 Å². The number of halogens is 2. The van der Waals surface area contributed by atoms with Crippen LogP contribution in [0.2, 0.25) is 10.0 Å². The van der Waals surface area contributed by atoms with Gasteiger partial charge in [-0.25, -0.2) is 4.68 Å². The minimum atomic E-state index is -0.343. The summed E-state index contributed by atoms with van der Waals surface area (Å²) in [6, 6.07) is 17.3. The smallest absolute Gasteiger partial charge is 0.267 e. The van der Waals surface area contributed by atoms with Crippen LogP contribution in [0.4, 0.5) is 0 Å². The molecule has 4 rings (SSSR count). The number of hydrogen-bond donors (Lipinski definition) is 0. The number of aromatic nitrogens is 2. The second-order valence-corrected chi connectivity index (χ2v) is 8.22. The van der Waals surface area contributed by atoms with Crippen molar-refractivity contribution in [3.63, 3.8) is 0 Å². The van der Waals surface area contributed by atoms with Crippen molar-refractivity contribution in [3.05, 3.63) is 86.6 Å². The van der Waals surface area contributed by atoms with Gasteiger partial charge in [0.25, 0.3) is 11.5 Å². The fourth-order valence-corrected chi connectivity index (χ4v) is 4.03. The van der Waals surface area contributed by atoms with E-state index in [0.29, 0.717) is 47.5 Å². The molecule has 0 spiro atoms. The average Bonchev–Trinajstić information content (AvgIpc) is 2.81. The number of hydrogen-bond acceptors (Lipinski definition) is 4. The van der Waals surface area contributed by atoms with Crippen molar-refractivity contribution in [1.29, 1.82) is 0 Å². The monoisotopic (exact) mass is 470 g/mol. The molecule has 0 atom stereocenters. The lowest BCUT2D eigenvalue weighted by Gasteiger charge is -2.35. The quantitative estimate of drug-likeness (QED) is 0.586. The van der Waals surface area contributed by atoms with Gasteiger partial charge >= 0.3 is 0 Å². The van der Waals surface area contributed by atoms with Gasteiger partial charge in [0.05, 0.1) is 16.3 Å². The fraction of sp³-hybridized carbons (Fsp3) is 0.217. The Morgan fingerprint density at radius 1 is 0.875 bits per heavy atom. The van der Waals surface area contributed by atoms with Crippen LogP contribution in [0.25, 0.3) is 11.3 Å². The summed E-state index contributed by atoms with van der Waals surface area (Å²) in [7, 11) is 0. The molecule has 1 fully saturated rings. The van der Waals surface area contributed by atoms with Crippen molar-refractivity contribution in [2.24, 2.45) is 0 Å². The number of carbonyl (C=O) groups is 2. The second kappa shape index (κ2) is 9.54. The maximum absolute atomic E-state index is 12.8. The zero-order chi connectivity index (χ0) is 22.7. The average molecular weight is 471 g/mol. The van der Waals surface area contributed by atoms with Gasteiger partial charge in [0.1, 0.15) is 6.54 Å². The standard InChI is InChI=1S/C23H20Cl2N4O3/c24-17-6-7-18(19(25)14-17)23(32)28-12-10-27(11-13-28)22(31)15-29-21(30)9-8-20(26-29)16-4-2-1-3-5-16/h1-9,14H,10-13,15H2. The number of piperazine rings is 1. The molecule has 0 aliphatic carbocycles. The lowest BCUT2D eigenvalue weighted by molar-refractivity contribution is -0.133. The minimum Gasteiger partial charge on any atom is -0.338 e. The van der Waals surface area contributed by atoms with Crippen molar-refractivity contribution < 1.29 is 9.59 Å². The summed E-state index contributed by atoms with van der Waals surface area (Å²) in [5.74, 6) is -0.423. The van der Waals surface area contributed by atoms with E-state index in [1.165, 1.54) is 16.8 Å². The Kier molecular flexibility index (Phi) is 6.58. The summed E-state index contributed by atoms with van der Waals surface area (Å²) in [6.07, 6.45) is 0. The molecule has 164 valence electrons. The second-order valence-electron chi connectivity index (χ2n) is 7.38. The van der Waals surface area contributed by atoms with Crippen LogP contribution in [0, 0.1) is 0 Å². The lowest BCUT2D eigenvalue weighted by Crippen LogP contribution is -2.51. The highest BCUT2D eigenvalue weighted by Crippen LogP contribution is 2.23. The highest BCUT2D eigenvalue weighted by atomic mass is 35.5. The number of amides is 2. The van der Waals surface area contributed by atoms with Crippen LogP contribution >= 0.6 is 23.2 Å². The number of benzene rings is 2. The molecule has 1 aromatic heterocycles. The first-order valence-corrected chi connectivity index (χ1v) is 10.8. The fourth-order valence-electron chi connectivity index (χ4n) is 3.55. The van der Waals surface area contributed by atoms with E-state index in [2.05, 4.69) is 5.10 Å². The molecule has 32 heavy (non-hydrogen) atoms. The lowest BCUT2D eigenvalue weighted by atomic mass is 10.1. The molecule has 0 N–H and O–H groups in total. The van der Waals surface area contributed by atoms with Gasteiger partial charge in [-0.15, -0.1) is 0 Å². The molecule has 0 bridgehead atoms. The van der Waals surface area contributed by atoms with Gasteiger partial charge in [0.15, 0.2) is 0 Å². The summed E-state index contributed by atoms with van der Waals surface area (Å²) in [6.45, 7) is 1.31. The van der Waals surface area contributed by atoms with Crippen LogP contribution in [-0.4, -0.2) is 57.6 Å². The summed E-state index contributed by atoms with van der Waals surface area (Å²) < 4.78 is 1.18. The Morgan fingerprint density at radius 3 is 2.25 bits per heavy atom. The van der Waals surface area contributed by atoms with Crippen molar-refractivity contribution in [1.82, 2.24) is 19.6 Å². The molecule has 2 heterocycles. The van der Waals surface area contributed by atoms with Crippen LogP contribution in [0.3, 0.4) is 0 Å². The van der Waals surface area contributed by atoms with Gasteiger partial charge in [-0.1, -0.05) is 53.5 Å². The van der Waals surface area contributed by atoms with Crippen LogP contribution in [0.1, 0.15) is 10.4 Å². The largest absolute Gasteiger partial charge is 0.338 e. The molecule has 1 aliphatic rings. The van der Waals surface area contributed by atoms with E-state index in [4.69, 9.17) is 23.2 Å². The molecule has 9 heteroatoms. The minimum absolute atomic E-state index is 0.156. The number of nitrogens with zero attached hydrogens (tertiary/aromatic N) is 4. The summed E-state index contributed by atoms with van der Waals surface area (Å²) in [4.78, 5) is 41.1. The number of rotatable bonds is 4. The molecular formula is C23H20Cl2N4O3. The van der Waals surface area contributed by atoms with Gasteiger partial charge in [-0.2, -0.15) is 5.10 Å². The first-order chi connectivity index (χ1) is 15.4. The van der Waals surface area contributed by atoms with Gasteiger partial charge in [0, 0.05) is 42.8 Å². The predicted octanol–water partition coefficient (Wildman–Crippen LogP) is 3.20. The third-order valence-electron chi connectivity index (χ3n) is 5.30. The molecular weight excluding hydrogens is 451 g/mol. The van der Waals surface area contributed by atoms with Gasteiger partial charge in [0.2, 0.25) is 5.91 Å². The molecule has 2 amide bonds. The van der Waals surface area contributed by atoms with Crippen LogP contribution in [0.5, 0.6) is 0 Å². The van der Waals surface area contributed by atoms with Crippen LogP contribution in [0.15, 0.2) is 65.5 Å². The molecule has 1 saturated heterocycles.